The molecule has 48 heavy (non-hydrogen) atoms. The van der Waals surface area contributed by atoms with Crippen LogP contribution >= 0.6 is 7.82 Å². The molecule has 0 saturated carbocycles. The minimum atomic E-state index is -4.76. The number of rotatable bonds is 34. The molecule has 0 radical (unpaired) electrons. The average molecular weight is 697 g/mol. The normalized spacial score (nSPS) is 13.0. The van der Waals surface area contributed by atoms with Gasteiger partial charge in [-0.05, 0) is 77.0 Å². The molecule has 0 rings (SSSR count). The summed E-state index contributed by atoms with van der Waals surface area (Å²) in [5.41, 5.74) is 0. The lowest BCUT2D eigenvalue weighted by atomic mass is 10.1. The lowest BCUT2D eigenvalue weighted by molar-refractivity contribution is -0.161. The van der Waals surface area contributed by atoms with Crippen LogP contribution in [0.15, 0.2) is 48.6 Å². The molecule has 9 heteroatoms. The molecule has 8 nitrogen and oxygen atoms in total. The Morgan fingerprint density at radius 2 is 0.938 bits per heavy atom. The van der Waals surface area contributed by atoms with E-state index in [9.17, 15) is 14.2 Å². The minimum absolute atomic E-state index is 0.183. The van der Waals surface area contributed by atoms with Crippen LogP contribution in [0.3, 0.4) is 0 Å². The van der Waals surface area contributed by atoms with Crippen LogP contribution in [0.1, 0.15) is 168 Å². The second kappa shape index (κ2) is 34.9. The monoisotopic (exact) mass is 696 g/mol. The number of phosphoric ester groups is 1. The third-order valence-electron chi connectivity index (χ3n) is 7.82. The highest BCUT2D eigenvalue weighted by Gasteiger charge is 2.22. The molecule has 0 saturated heterocycles. The number of carbonyl (C=O) groups excluding carboxylic acids is 2. The molecule has 0 aliphatic carbocycles. The standard InChI is InChI=1S/C39H69O8P/c1-3-5-7-9-11-13-15-17-18-19-20-22-24-26-28-30-32-34-39(41)47-37(36-46-48(42,43)44)35-45-38(40)33-31-29-27-25-23-21-16-14-12-10-8-6-4-2/h11,13-14,16-18,20,22,37H,3-10,12,15,19,21,23-36H2,1-2H3,(H2,42,43,44)/b13-11-,16-14-,18-17-,22-20-/t37-/m1/s1. The van der Waals surface area contributed by atoms with E-state index in [1.54, 1.807) is 0 Å². The molecule has 0 aromatic heterocycles. The number of phosphoric acid groups is 1. The van der Waals surface area contributed by atoms with E-state index in [2.05, 4.69) is 67.0 Å². The molecule has 0 fully saturated rings. The maximum Gasteiger partial charge on any atom is 0.469 e. The van der Waals surface area contributed by atoms with Crippen LogP contribution < -0.4 is 0 Å². The summed E-state index contributed by atoms with van der Waals surface area (Å²) < 4.78 is 26.3. The maximum atomic E-state index is 12.4. The van der Waals surface area contributed by atoms with Crippen LogP contribution in [0.2, 0.25) is 0 Å². The molecular weight excluding hydrogens is 627 g/mol. The van der Waals surface area contributed by atoms with Gasteiger partial charge < -0.3 is 19.3 Å². The quantitative estimate of drug-likeness (QED) is 0.0295. The topological polar surface area (TPSA) is 119 Å². The van der Waals surface area contributed by atoms with Crippen molar-refractivity contribution in [2.24, 2.45) is 0 Å². The van der Waals surface area contributed by atoms with Crippen molar-refractivity contribution in [3.63, 3.8) is 0 Å². The zero-order chi connectivity index (χ0) is 35.4. The van der Waals surface area contributed by atoms with E-state index in [1.807, 2.05) is 0 Å². The van der Waals surface area contributed by atoms with E-state index >= 15 is 0 Å². The molecule has 0 amide bonds. The van der Waals surface area contributed by atoms with Gasteiger partial charge in [0.1, 0.15) is 6.61 Å². The highest BCUT2D eigenvalue weighted by Crippen LogP contribution is 2.36. The van der Waals surface area contributed by atoms with Crippen molar-refractivity contribution >= 4 is 19.8 Å². The molecule has 0 aliphatic rings. The van der Waals surface area contributed by atoms with Crippen LogP contribution in [0.4, 0.5) is 0 Å². The van der Waals surface area contributed by atoms with Crippen molar-refractivity contribution in [2.75, 3.05) is 13.2 Å². The fourth-order valence-electron chi connectivity index (χ4n) is 4.96. The summed E-state index contributed by atoms with van der Waals surface area (Å²) in [7, 11) is -4.76. The Bertz CT molecular complexity index is 921. The molecule has 1 atom stereocenters. The molecule has 0 aliphatic heterocycles. The van der Waals surface area contributed by atoms with Gasteiger partial charge in [-0.1, -0.05) is 127 Å². The number of hydrogen-bond acceptors (Lipinski definition) is 6. The summed E-state index contributed by atoms with van der Waals surface area (Å²) in [5.74, 6) is -0.923. The van der Waals surface area contributed by atoms with Crippen molar-refractivity contribution in [1.82, 2.24) is 0 Å². The van der Waals surface area contributed by atoms with Gasteiger partial charge in [-0.25, -0.2) is 4.57 Å². The van der Waals surface area contributed by atoms with Gasteiger partial charge in [0.2, 0.25) is 0 Å². The second-order valence-corrected chi connectivity index (χ2v) is 13.8. The lowest BCUT2D eigenvalue weighted by Gasteiger charge is -2.18. The maximum absolute atomic E-state index is 12.4. The van der Waals surface area contributed by atoms with Gasteiger partial charge in [-0.15, -0.1) is 0 Å². The smallest absolute Gasteiger partial charge is 0.462 e. The predicted octanol–water partition coefficient (Wildman–Crippen LogP) is 11.2. The molecule has 0 aromatic carbocycles. The summed E-state index contributed by atoms with van der Waals surface area (Å²) in [4.78, 5) is 42.7. The van der Waals surface area contributed by atoms with E-state index in [4.69, 9.17) is 19.3 Å². The Labute approximate surface area is 293 Å². The van der Waals surface area contributed by atoms with Gasteiger partial charge >= 0.3 is 19.8 Å². The van der Waals surface area contributed by atoms with E-state index in [1.165, 1.54) is 57.8 Å². The Morgan fingerprint density at radius 1 is 0.542 bits per heavy atom. The van der Waals surface area contributed by atoms with E-state index in [0.717, 1.165) is 70.6 Å². The first kappa shape index (κ1) is 46.0. The molecule has 0 spiro atoms. The molecule has 2 N–H and O–H groups in total. The summed E-state index contributed by atoms with van der Waals surface area (Å²) in [6, 6.07) is 0. The first-order valence-corrected chi connectivity index (χ1v) is 20.5. The predicted molar refractivity (Wildman–Crippen MR) is 198 cm³/mol. The number of ether oxygens (including phenoxy) is 2. The van der Waals surface area contributed by atoms with Gasteiger partial charge in [0.05, 0.1) is 6.61 Å². The van der Waals surface area contributed by atoms with E-state index in [0.29, 0.717) is 12.8 Å². The minimum Gasteiger partial charge on any atom is -0.462 e. The SMILES string of the molecule is CCCCC/C=C\C/C=C\C/C=C\CCCCCCC(=O)O[C@H](COC(=O)CCCCCCC/C=C\CCCCCC)COP(=O)(O)O. The Morgan fingerprint density at radius 3 is 1.46 bits per heavy atom. The van der Waals surface area contributed by atoms with Gasteiger partial charge in [0.25, 0.3) is 0 Å². The van der Waals surface area contributed by atoms with Gasteiger partial charge in [-0.2, -0.15) is 0 Å². The van der Waals surface area contributed by atoms with Gasteiger partial charge in [-0.3, -0.25) is 14.1 Å². The Hall–Kier alpha value is -1.99. The van der Waals surface area contributed by atoms with Crippen molar-refractivity contribution in [3.8, 4) is 0 Å². The van der Waals surface area contributed by atoms with Crippen LogP contribution in [0, 0.1) is 0 Å². The Kier molecular flexibility index (Phi) is 33.4. The van der Waals surface area contributed by atoms with Gasteiger partial charge in [0.15, 0.2) is 6.10 Å². The number of esters is 2. The first-order valence-electron chi connectivity index (χ1n) is 18.9. The van der Waals surface area contributed by atoms with Crippen molar-refractivity contribution < 1.29 is 37.9 Å². The lowest BCUT2D eigenvalue weighted by Crippen LogP contribution is -2.29. The largest absolute Gasteiger partial charge is 0.469 e. The highest BCUT2D eigenvalue weighted by atomic mass is 31.2. The number of unbranched alkanes of at least 4 members (excludes halogenated alkanes) is 16. The first-order chi connectivity index (χ1) is 23.3. The van der Waals surface area contributed by atoms with Crippen molar-refractivity contribution in [3.05, 3.63) is 48.6 Å². The highest BCUT2D eigenvalue weighted by molar-refractivity contribution is 7.46. The number of allylic oxidation sites excluding steroid dienone is 8. The Balaban J connectivity index is 4.04. The second-order valence-electron chi connectivity index (χ2n) is 12.5. The molecule has 278 valence electrons. The molecule has 0 unspecified atom stereocenters. The average Bonchev–Trinajstić information content (AvgIpc) is 3.05. The van der Waals surface area contributed by atoms with E-state index in [-0.39, 0.29) is 19.4 Å². The molecular formula is C39H69O8P. The molecule has 0 aromatic rings. The van der Waals surface area contributed by atoms with Crippen molar-refractivity contribution in [2.45, 2.75) is 174 Å². The van der Waals surface area contributed by atoms with Crippen LogP contribution in [-0.4, -0.2) is 41.0 Å². The van der Waals surface area contributed by atoms with Crippen LogP contribution in [-0.2, 0) is 28.2 Å². The summed E-state index contributed by atoms with van der Waals surface area (Å²) in [5, 5.41) is 0. The summed E-state index contributed by atoms with van der Waals surface area (Å²) >= 11 is 0. The third-order valence-corrected chi connectivity index (χ3v) is 8.31. The fourth-order valence-corrected chi connectivity index (χ4v) is 5.32. The van der Waals surface area contributed by atoms with Gasteiger partial charge in [0, 0.05) is 12.8 Å². The van der Waals surface area contributed by atoms with E-state index < -0.39 is 32.5 Å². The molecule has 0 bridgehead atoms. The fraction of sp³-hybridized carbons (Fsp3) is 0.744. The number of carbonyl (C=O) groups is 2. The van der Waals surface area contributed by atoms with Crippen LogP contribution in [0.25, 0.3) is 0 Å². The van der Waals surface area contributed by atoms with Crippen molar-refractivity contribution in [1.29, 1.82) is 0 Å². The van der Waals surface area contributed by atoms with Crippen LogP contribution in [0.5, 0.6) is 0 Å². The summed E-state index contributed by atoms with van der Waals surface area (Å²) in [6.45, 7) is 3.60. The molecule has 0 heterocycles. The third kappa shape index (κ3) is 36.8. The summed E-state index contributed by atoms with van der Waals surface area (Å²) in [6.07, 6.45) is 41.1. The number of hydrogen-bond donors (Lipinski definition) is 2. The zero-order valence-electron chi connectivity index (χ0n) is 30.4. The zero-order valence-corrected chi connectivity index (χ0v) is 31.3.